The molecule has 2 aromatic carbocycles. The van der Waals surface area contributed by atoms with Gasteiger partial charge in [0, 0.05) is 50.0 Å². The van der Waals surface area contributed by atoms with Crippen LogP contribution in [-0.4, -0.2) is 47.4 Å². The average molecular weight is 498 g/mol. The van der Waals surface area contributed by atoms with E-state index in [2.05, 4.69) is 53.6 Å². The number of Topliss-reactive ketones (excluding diaryl/α,β-unsaturated/α-hetero) is 1. The molecule has 1 N–H and O–H groups in total. The zero-order valence-electron chi connectivity index (χ0n) is 21.5. The Morgan fingerprint density at radius 1 is 1.08 bits per heavy atom. The van der Waals surface area contributed by atoms with Crippen LogP contribution in [0.5, 0.6) is 0 Å². The van der Waals surface area contributed by atoms with Gasteiger partial charge >= 0.3 is 0 Å². The third-order valence-corrected chi connectivity index (χ3v) is 7.29. The van der Waals surface area contributed by atoms with Gasteiger partial charge in [0.15, 0.2) is 5.78 Å². The van der Waals surface area contributed by atoms with Crippen LogP contribution in [0.15, 0.2) is 66.9 Å². The molecule has 0 radical (unpaired) electrons. The summed E-state index contributed by atoms with van der Waals surface area (Å²) in [5.74, 6) is -0.360. The van der Waals surface area contributed by atoms with Crippen molar-refractivity contribution >= 4 is 11.7 Å². The van der Waals surface area contributed by atoms with E-state index in [0.29, 0.717) is 18.7 Å². The van der Waals surface area contributed by atoms with E-state index in [9.17, 15) is 9.59 Å². The number of benzene rings is 2. The van der Waals surface area contributed by atoms with E-state index in [1.165, 1.54) is 5.56 Å². The number of rotatable bonds is 10. The fourth-order valence-electron chi connectivity index (χ4n) is 5.28. The molecule has 2 aliphatic rings. The zero-order valence-corrected chi connectivity index (χ0v) is 21.5. The van der Waals surface area contributed by atoms with E-state index in [0.717, 1.165) is 61.3 Å². The molecule has 192 valence electrons. The van der Waals surface area contributed by atoms with Crippen molar-refractivity contribution in [1.29, 1.82) is 0 Å². The summed E-state index contributed by atoms with van der Waals surface area (Å²) >= 11 is 0. The van der Waals surface area contributed by atoms with Crippen LogP contribution in [0.2, 0.25) is 0 Å². The van der Waals surface area contributed by atoms with Crippen LogP contribution in [0.25, 0.3) is 11.3 Å². The molecular formula is C31H35N3O3. The fraction of sp³-hybridized carbons (Fsp3) is 0.387. The molecule has 1 fully saturated rings. The number of amides is 1. The molecule has 1 aliphatic carbocycles. The van der Waals surface area contributed by atoms with Crippen LogP contribution in [0, 0.1) is 0 Å². The highest BCUT2D eigenvalue weighted by Gasteiger charge is 2.37. The highest BCUT2D eigenvalue weighted by molar-refractivity contribution is 6.06. The van der Waals surface area contributed by atoms with Crippen molar-refractivity contribution in [3.63, 3.8) is 0 Å². The van der Waals surface area contributed by atoms with Crippen LogP contribution >= 0.6 is 0 Å². The molecule has 0 spiro atoms. The van der Waals surface area contributed by atoms with Gasteiger partial charge in [-0.1, -0.05) is 61.5 Å². The van der Waals surface area contributed by atoms with Crippen molar-refractivity contribution in [3.8, 4) is 11.3 Å². The van der Waals surface area contributed by atoms with Gasteiger partial charge in [-0.3, -0.25) is 14.6 Å². The lowest BCUT2D eigenvalue weighted by Crippen LogP contribution is -2.39. The van der Waals surface area contributed by atoms with Gasteiger partial charge < -0.3 is 15.0 Å². The van der Waals surface area contributed by atoms with Gasteiger partial charge in [0.2, 0.25) is 5.91 Å². The van der Waals surface area contributed by atoms with Crippen LogP contribution in [0.3, 0.4) is 0 Å². The Morgan fingerprint density at radius 3 is 2.62 bits per heavy atom. The first-order valence-corrected chi connectivity index (χ1v) is 13.4. The third-order valence-electron chi connectivity index (χ3n) is 7.29. The predicted molar refractivity (Wildman–Crippen MR) is 144 cm³/mol. The summed E-state index contributed by atoms with van der Waals surface area (Å²) < 4.78 is 5.87. The first-order valence-electron chi connectivity index (χ1n) is 13.4. The summed E-state index contributed by atoms with van der Waals surface area (Å²) in [6.07, 6.45) is 5.31. The lowest BCUT2D eigenvalue weighted by atomic mass is 9.99. The molecule has 1 aliphatic heterocycles. The summed E-state index contributed by atoms with van der Waals surface area (Å²) in [4.78, 5) is 32.9. The van der Waals surface area contributed by atoms with Crippen molar-refractivity contribution in [1.82, 2.24) is 15.2 Å². The Balaban J connectivity index is 1.30. The Kier molecular flexibility index (Phi) is 8.07. The first kappa shape index (κ1) is 25.3. The maximum atomic E-state index is 13.8. The lowest BCUT2D eigenvalue weighted by Gasteiger charge is -2.28. The van der Waals surface area contributed by atoms with Gasteiger partial charge in [0.1, 0.15) is 0 Å². The molecule has 2 unspecified atom stereocenters. The quantitative estimate of drug-likeness (QED) is 0.394. The van der Waals surface area contributed by atoms with E-state index in [-0.39, 0.29) is 24.2 Å². The van der Waals surface area contributed by atoms with E-state index < -0.39 is 5.92 Å². The molecule has 2 heterocycles. The second kappa shape index (κ2) is 11.8. The second-order valence-corrected chi connectivity index (χ2v) is 10.0. The van der Waals surface area contributed by atoms with E-state index in [1.807, 2.05) is 35.4 Å². The Morgan fingerprint density at radius 2 is 1.89 bits per heavy atom. The highest BCUT2D eigenvalue weighted by atomic mass is 16.5. The number of ketones is 1. The number of hydrogen-bond donors (Lipinski definition) is 1. The number of carbonyl (C=O) groups is 2. The largest absolute Gasteiger partial charge is 0.376 e. The van der Waals surface area contributed by atoms with E-state index >= 15 is 0 Å². The number of aromatic nitrogens is 1. The van der Waals surface area contributed by atoms with E-state index in [4.69, 9.17) is 4.74 Å². The Labute approximate surface area is 219 Å². The summed E-state index contributed by atoms with van der Waals surface area (Å²) in [6, 6.07) is 19.9. The minimum atomic E-state index is -0.418. The van der Waals surface area contributed by atoms with E-state index in [1.54, 1.807) is 0 Å². The monoisotopic (exact) mass is 497 g/mol. The van der Waals surface area contributed by atoms with Crippen molar-refractivity contribution in [3.05, 3.63) is 89.1 Å². The summed E-state index contributed by atoms with van der Waals surface area (Å²) in [6.45, 7) is 5.76. The number of carbonyl (C=O) groups excluding carboxylic acids is 2. The SMILES string of the molecule is CCCNCc1ccc(-c2ccc(CN(CC3CCCO3)C(=O)C3CC(=O)c4ccccc43)cc2)nc1. The van der Waals surface area contributed by atoms with Gasteiger partial charge in [-0.05, 0) is 48.6 Å². The maximum Gasteiger partial charge on any atom is 0.230 e. The molecule has 37 heavy (non-hydrogen) atoms. The molecule has 1 amide bonds. The zero-order chi connectivity index (χ0) is 25.6. The smallest absolute Gasteiger partial charge is 0.230 e. The van der Waals surface area contributed by atoms with Gasteiger partial charge in [0.05, 0.1) is 17.7 Å². The normalized spacial score (nSPS) is 18.7. The number of pyridine rings is 1. The number of fused-ring (bicyclic) bond motifs is 1. The fourth-order valence-corrected chi connectivity index (χ4v) is 5.28. The summed E-state index contributed by atoms with van der Waals surface area (Å²) in [5.41, 5.74) is 5.73. The lowest BCUT2D eigenvalue weighted by molar-refractivity contribution is -0.135. The van der Waals surface area contributed by atoms with Crippen molar-refractivity contribution in [2.45, 2.75) is 57.7 Å². The minimum absolute atomic E-state index is 0.00631. The summed E-state index contributed by atoms with van der Waals surface area (Å²) in [7, 11) is 0. The van der Waals surface area contributed by atoms with Gasteiger partial charge in [-0.25, -0.2) is 0 Å². The number of nitrogens with zero attached hydrogens (tertiary/aromatic N) is 2. The first-order chi connectivity index (χ1) is 18.1. The molecule has 6 nitrogen and oxygen atoms in total. The number of nitrogens with one attached hydrogen (secondary N) is 1. The minimum Gasteiger partial charge on any atom is -0.376 e. The molecular weight excluding hydrogens is 462 g/mol. The van der Waals surface area contributed by atoms with Crippen molar-refractivity contribution in [2.24, 2.45) is 0 Å². The van der Waals surface area contributed by atoms with Crippen LogP contribution in [0.1, 0.15) is 65.6 Å². The molecule has 1 saturated heterocycles. The molecule has 3 aromatic rings. The number of hydrogen-bond acceptors (Lipinski definition) is 5. The summed E-state index contributed by atoms with van der Waals surface area (Å²) in [5, 5.41) is 3.40. The third kappa shape index (κ3) is 5.97. The molecule has 1 aromatic heterocycles. The number of ether oxygens (including phenoxy) is 1. The van der Waals surface area contributed by atoms with Crippen LogP contribution in [-0.2, 0) is 22.6 Å². The predicted octanol–water partition coefficient (Wildman–Crippen LogP) is 5.13. The van der Waals surface area contributed by atoms with Crippen molar-refractivity contribution in [2.75, 3.05) is 19.7 Å². The Bertz CT molecular complexity index is 1220. The van der Waals surface area contributed by atoms with Gasteiger partial charge in [-0.15, -0.1) is 0 Å². The van der Waals surface area contributed by atoms with Crippen LogP contribution in [0.4, 0.5) is 0 Å². The molecule has 0 bridgehead atoms. The molecule has 0 saturated carbocycles. The van der Waals surface area contributed by atoms with Gasteiger partial charge in [-0.2, -0.15) is 0 Å². The highest BCUT2D eigenvalue weighted by Crippen LogP contribution is 2.35. The topological polar surface area (TPSA) is 71.5 Å². The molecule has 5 rings (SSSR count). The van der Waals surface area contributed by atoms with Crippen LogP contribution < -0.4 is 5.32 Å². The second-order valence-electron chi connectivity index (χ2n) is 10.0. The van der Waals surface area contributed by atoms with Gasteiger partial charge in [0.25, 0.3) is 0 Å². The molecule has 2 atom stereocenters. The average Bonchev–Trinajstić information content (AvgIpc) is 3.57. The molecule has 6 heteroatoms. The van der Waals surface area contributed by atoms with Crippen molar-refractivity contribution < 1.29 is 14.3 Å². The Hall–Kier alpha value is -3.35. The maximum absolute atomic E-state index is 13.8. The standard InChI is InChI=1S/C31H35N3O3/c1-2-15-32-18-23-11-14-29(33-19-23)24-12-9-22(10-13-24)20-34(21-25-6-5-16-37-25)31(36)28-17-30(35)27-8-4-3-7-26(27)28/h3-4,7-14,19,25,28,32H,2,5-6,15-18,20-21H2,1H3.